The second-order valence-electron chi connectivity index (χ2n) is 8.49. The van der Waals surface area contributed by atoms with Crippen molar-refractivity contribution in [3.63, 3.8) is 0 Å². The molecule has 2 unspecified atom stereocenters. The summed E-state index contributed by atoms with van der Waals surface area (Å²) in [5.41, 5.74) is 3.85. The minimum absolute atomic E-state index is 0.00759. The molecule has 6 heteroatoms. The van der Waals surface area contributed by atoms with Crippen molar-refractivity contribution in [2.24, 2.45) is 0 Å². The van der Waals surface area contributed by atoms with E-state index in [2.05, 4.69) is 24.8 Å². The predicted molar refractivity (Wildman–Crippen MR) is 126 cm³/mol. The van der Waals surface area contributed by atoms with Gasteiger partial charge in [-0.25, -0.2) is 0 Å². The lowest BCUT2D eigenvalue weighted by Gasteiger charge is -2.37. The second kappa shape index (κ2) is 8.93. The van der Waals surface area contributed by atoms with Crippen molar-refractivity contribution in [2.75, 3.05) is 18.4 Å². The lowest BCUT2D eigenvalue weighted by molar-refractivity contribution is -0.122. The minimum atomic E-state index is -0.362. The Kier molecular flexibility index (Phi) is 5.69. The molecule has 2 atom stereocenters. The van der Waals surface area contributed by atoms with Crippen molar-refractivity contribution in [1.82, 2.24) is 19.5 Å². The van der Waals surface area contributed by atoms with Crippen LogP contribution in [0, 0.1) is 6.92 Å². The van der Waals surface area contributed by atoms with Crippen LogP contribution in [-0.4, -0.2) is 38.5 Å². The highest BCUT2D eigenvalue weighted by Gasteiger charge is 2.33. The largest absolute Gasteiger partial charge is 0.324 e. The van der Waals surface area contributed by atoms with E-state index in [9.17, 15) is 4.79 Å². The van der Waals surface area contributed by atoms with Gasteiger partial charge in [0.2, 0.25) is 5.91 Å². The number of benzene rings is 2. The lowest BCUT2D eigenvalue weighted by atomic mass is 9.93. The number of aromatic nitrogens is 3. The Morgan fingerprint density at radius 2 is 1.78 bits per heavy atom. The number of rotatable bonds is 5. The molecular weight excluding hydrogens is 398 g/mol. The van der Waals surface area contributed by atoms with E-state index in [0.717, 1.165) is 48.7 Å². The number of anilines is 1. The number of aryl methyl sites for hydroxylation is 1. The number of likely N-dealkylation sites (tertiary alicyclic amines) is 1. The number of pyridine rings is 1. The van der Waals surface area contributed by atoms with Gasteiger partial charge in [-0.1, -0.05) is 54.1 Å². The fraction of sp³-hybridized carbons (Fsp3) is 0.269. The maximum Gasteiger partial charge on any atom is 0.246 e. The number of carbonyl (C=O) groups is 1. The number of hydrogen-bond acceptors (Lipinski definition) is 4. The summed E-state index contributed by atoms with van der Waals surface area (Å²) < 4.78 is 2.07. The van der Waals surface area contributed by atoms with Gasteiger partial charge < -0.3 is 5.32 Å². The van der Waals surface area contributed by atoms with Gasteiger partial charge in [0.05, 0.1) is 0 Å². The maximum absolute atomic E-state index is 13.5. The predicted octanol–water partition coefficient (Wildman–Crippen LogP) is 4.60. The third-order valence-corrected chi connectivity index (χ3v) is 6.21. The van der Waals surface area contributed by atoms with Crippen LogP contribution in [0.3, 0.4) is 0 Å². The fourth-order valence-corrected chi connectivity index (χ4v) is 4.60. The summed E-state index contributed by atoms with van der Waals surface area (Å²) >= 11 is 0. The summed E-state index contributed by atoms with van der Waals surface area (Å²) in [5.74, 6) is 1.18. The molecule has 0 radical (unpaired) electrons. The fourth-order valence-electron chi connectivity index (χ4n) is 4.60. The van der Waals surface area contributed by atoms with Crippen LogP contribution in [0.1, 0.15) is 41.8 Å². The average Bonchev–Trinajstić information content (AvgIpc) is 3.26. The molecule has 5 rings (SSSR count). The first kappa shape index (κ1) is 20.4. The van der Waals surface area contributed by atoms with Gasteiger partial charge in [0.15, 0.2) is 5.65 Å². The van der Waals surface area contributed by atoms with Crippen molar-refractivity contribution in [1.29, 1.82) is 0 Å². The number of carbonyl (C=O) groups excluding carboxylic acids is 1. The van der Waals surface area contributed by atoms with Crippen LogP contribution in [0.25, 0.3) is 5.65 Å². The molecule has 1 N–H and O–H groups in total. The number of nitrogens with one attached hydrogen (secondary N) is 1. The average molecular weight is 426 g/mol. The zero-order valence-electron chi connectivity index (χ0n) is 18.2. The van der Waals surface area contributed by atoms with Crippen LogP contribution in [0.4, 0.5) is 5.69 Å². The van der Waals surface area contributed by atoms with Crippen LogP contribution >= 0.6 is 0 Å². The van der Waals surface area contributed by atoms with Gasteiger partial charge in [-0.3, -0.25) is 14.1 Å². The molecule has 6 nitrogen and oxygen atoms in total. The molecule has 0 saturated carbocycles. The number of piperidine rings is 1. The smallest absolute Gasteiger partial charge is 0.246 e. The lowest BCUT2D eigenvalue weighted by Crippen LogP contribution is -2.43. The van der Waals surface area contributed by atoms with Gasteiger partial charge >= 0.3 is 0 Å². The van der Waals surface area contributed by atoms with E-state index >= 15 is 0 Å². The molecule has 0 spiro atoms. The van der Waals surface area contributed by atoms with E-state index in [0.29, 0.717) is 0 Å². The second-order valence-corrected chi connectivity index (χ2v) is 8.49. The third-order valence-electron chi connectivity index (χ3n) is 6.21. The Labute approximate surface area is 187 Å². The summed E-state index contributed by atoms with van der Waals surface area (Å²) in [6, 6.07) is 23.6. The number of amides is 1. The Hall–Kier alpha value is -3.51. The van der Waals surface area contributed by atoms with E-state index < -0.39 is 0 Å². The number of hydrogen-bond donors (Lipinski definition) is 1. The zero-order chi connectivity index (χ0) is 21.9. The summed E-state index contributed by atoms with van der Waals surface area (Å²) in [5, 5.41) is 12.0. The van der Waals surface area contributed by atoms with Crippen molar-refractivity contribution in [3.8, 4) is 0 Å². The molecule has 2 aromatic heterocycles. The summed E-state index contributed by atoms with van der Waals surface area (Å²) in [6.07, 6.45) is 4.06. The summed E-state index contributed by atoms with van der Waals surface area (Å²) in [6.45, 7) is 3.67. The van der Waals surface area contributed by atoms with Crippen molar-refractivity contribution in [2.45, 2.75) is 31.7 Å². The topological polar surface area (TPSA) is 62.5 Å². The molecule has 0 bridgehead atoms. The van der Waals surface area contributed by atoms with Gasteiger partial charge in [0.1, 0.15) is 11.9 Å². The molecule has 1 saturated heterocycles. The molecular formula is C26H27N5O. The van der Waals surface area contributed by atoms with Gasteiger partial charge in [0, 0.05) is 24.3 Å². The molecule has 4 aromatic rings. The Morgan fingerprint density at radius 3 is 2.59 bits per heavy atom. The van der Waals surface area contributed by atoms with Gasteiger partial charge in [-0.05, 0) is 56.1 Å². The first-order chi connectivity index (χ1) is 15.7. The zero-order valence-corrected chi connectivity index (χ0v) is 18.2. The van der Waals surface area contributed by atoms with Gasteiger partial charge in [-0.15, -0.1) is 10.2 Å². The van der Waals surface area contributed by atoms with Crippen LogP contribution in [0.5, 0.6) is 0 Å². The highest BCUT2D eigenvalue weighted by molar-refractivity contribution is 5.95. The van der Waals surface area contributed by atoms with E-state index in [1.54, 1.807) is 0 Å². The number of nitrogens with zero attached hydrogens (tertiary/aromatic N) is 4. The third kappa shape index (κ3) is 4.14. The van der Waals surface area contributed by atoms with E-state index in [-0.39, 0.29) is 17.9 Å². The van der Waals surface area contributed by atoms with Crippen molar-refractivity contribution in [3.05, 3.63) is 95.9 Å². The highest BCUT2D eigenvalue weighted by Crippen LogP contribution is 2.32. The molecule has 1 aliphatic heterocycles. The van der Waals surface area contributed by atoms with Gasteiger partial charge in [-0.2, -0.15) is 0 Å². The van der Waals surface area contributed by atoms with E-state index in [1.807, 2.05) is 85.9 Å². The van der Waals surface area contributed by atoms with Crippen LogP contribution in [-0.2, 0) is 4.79 Å². The first-order valence-electron chi connectivity index (χ1n) is 11.2. The molecule has 0 aliphatic carbocycles. The highest BCUT2D eigenvalue weighted by atomic mass is 16.2. The normalized spacial score (nSPS) is 17.8. The Morgan fingerprint density at radius 1 is 1.00 bits per heavy atom. The first-order valence-corrected chi connectivity index (χ1v) is 11.2. The number of fused-ring (bicyclic) bond motifs is 1. The minimum Gasteiger partial charge on any atom is -0.324 e. The molecule has 162 valence electrons. The SMILES string of the molecule is Cc1ccc(NC(=O)C(c2ccccc2)N2CCCC(c3nnc4ccccn34)C2)cc1. The molecule has 1 aliphatic rings. The maximum atomic E-state index is 13.5. The van der Waals surface area contributed by atoms with Crippen LogP contribution < -0.4 is 5.32 Å². The van der Waals surface area contributed by atoms with Crippen molar-refractivity contribution < 1.29 is 4.79 Å². The Bertz CT molecular complexity index is 1200. The van der Waals surface area contributed by atoms with Crippen molar-refractivity contribution >= 4 is 17.2 Å². The monoisotopic (exact) mass is 425 g/mol. The Balaban J connectivity index is 1.43. The van der Waals surface area contributed by atoms with Crippen LogP contribution in [0.15, 0.2) is 79.0 Å². The molecule has 1 fully saturated rings. The van der Waals surface area contributed by atoms with E-state index in [4.69, 9.17) is 0 Å². The van der Waals surface area contributed by atoms with Crippen LogP contribution in [0.2, 0.25) is 0 Å². The van der Waals surface area contributed by atoms with Gasteiger partial charge in [0.25, 0.3) is 0 Å². The summed E-state index contributed by atoms with van der Waals surface area (Å²) in [7, 11) is 0. The molecule has 1 amide bonds. The summed E-state index contributed by atoms with van der Waals surface area (Å²) in [4.78, 5) is 15.8. The molecule has 2 aromatic carbocycles. The molecule has 32 heavy (non-hydrogen) atoms. The quantitative estimate of drug-likeness (QED) is 0.508. The molecule has 3 heterocycles. The van der Waals surface area contributed by atoms with E-state index in [1.165, 1.54) is 5.56 Å². The standard InChI is InChI=1S/C26H27N5O/c1-19-12-14-22(15-13-19)27-26(32)24(20-8-3-2-4-9-20)30-16-7-10-21(18-30)25-29-28-23-11-5-6-17-31(23)25/h2-6,8-9,11-15,17,21,24H,7,10,16,18H2,1H3,(H,27,32).